The van der Waals surface area contributed by atoms with Crippen molar-refractivity contribution < 1.29 is 9.53 Å². The zero-order chi connectivity index (χ0) is 13.8. The summed E-state index contributed by atoms with van der Waals surface area (Å²) in [5.74, 6) is -0.609. The van der Waals surface area contributed by atoms with Gasteiger partial charge >= 0.3 is 5.97 Å². The van der Waals surface area contributed by atoms with Crippen LogP contribution in [0.25, 0.3) is 0 Å². The number of aromatic nitrogens is 4. The van der Waals surface area contributed by atoms with Crippen LogP contribution in [0.1, 0.15) is 10.6 Å². The Hall–Kier alpha value is -2.64. The Balaban J connectivity index is 2.06. The minimum absolute atomic E-state index is 0.0116. The number of rotatable bonds is 4. The molecule has 0 spiro atoms. The van der Waals surface area contributed by atoms with E-state index in [0.717, 1.165) is 0 Å². The van der Waals surface area contributed by atoms with Crippen LogP contribution in [0.15, 0.2) is 29.5 Å². The molecule has 0 aliphatic carbocycles. The van der Waals surface area contributed by atoms with E-state index in [0.29, 0.717) is 18.8 Å². The Labute approximate surface area is 108 Å². The lowest BCUT2D eigenvalue weighted by atomic mass is 10.4. The van der Waals surface area contributed by atoms with E-state index in [-0.39, 0.29) is 11.4 Å². The van der Waals surface area contributed by atoms with Gasteiger partial charge in [-0.25, -0.2) is 9.78 Å². The average Bonchev–Trinajstić information content (AvgIpc) is 2.88. The third-order valence-electron chi connectivity index (χ3n) is 2.48. The van der Waals surface area contributed by atoms with Crippen molar-refractivity contribution in [3.8, 4) is 0 Å². The van der Waals surface area contributed by atoms with Gasteiger partial charge in [0.25, 0.3) is 11.4 Å². The van der Waals surface area contributed by atoms with Crippen molar-refractivity contribution in [3.63, 3.8) is 0 Å². The van der Waals surface area contributed by atoms with E-state index >= 15 is 0 Å². The van der Waals surface area contributed by atoms with Crippen LogP contribution in [0.5, 0.6) is 0 Å². The van der Waals surface area contributed by atoms with Crippen LogP contribution in [0.4, 0.5) is 5.69 Å². The van der Waals surface area contributed by atoms with Gasteiger partial charge in [0.15, 0.2) is 0 Å². The number of ether oxygens (including phenoxy) is 1. The van der Waals surface area contributed by atoms with Gasteiger partial charge < -0.3 is 15.0 Å². The molecule has 0 saturated heterocycles. The maximum absolute atomic E-state index is 11.5. The third kappa shape index (κ3) is 2.97. The molecule has 8 heteroatoms. The van der Waals surface area contributed by atoms with E-state index in [1.807, 2.05) is 0 Å². The van der Waals surface area contributed by atoms with Crippen LogP contribution in [0.2, 0.25) is 0 Å². The minimum Gasteiger partial charge on any atom is -0.463 e. The molecule has 0 aliphatic heterocycles. The summed E-state index contributed by atoms with van der Waals surface area (Å²) >= 11 is 0. The average molecular weight is 263 g/mol. The molecule has 0 unspecified atom stereocenters. The first kappa shape index (κ1) is 12.8. The number of esters is 1. The first-order valence-corrected chi connectivity index (χ1v) is 5.54. The highest BCUT2D eigenvalue weighted by atomic mass is 16.5. The molecule has 2 aromatic heterocycles. The summed E-state index contributed by atoms with van der Waals surface area (Å²) in [5, 5.41) is 3.93. The molecule has 2 N–H and O–H groups in total. The number of hydrogen-bond donors (Lipinski definition) is 1. The molecule has 0 bridgehead atoms. The third-order valence-corrected chi connectivity index (χ3v) is 2.48. The van der Waals surface area contributed by atoms with Crippen LogP contribution in [0.3, 0.4) is 0 Å². The predicted octanol–water partition coefficient (Wildman–Crippen LogP) is -0.491. The number of anilines is 1. The summed E-state index contributed by atoms with van der Waals surface area (Å²) in [4.78, 5) is 26.5. The summed E-state index contributed by atoms with van der Waals surface area (Å²) in [5.41, 5.74) is 5.96. The molecule has 0 saturated carbocycles. The Kier molecular flexibility index (Phi) is 3.60. The first-order chi connectivity index (χ1) is 9.10. The Morgan fingerprint density at radius 2 is 2.21 bits per heavy atom. The lowest BCUT2D eigenvalue weighted by Gasteiger charge is -2.05. The maximum Gasteiger partial charge on any atom is 0.377 e. The van der Waals surface area contributed by atoms with E-state index < -0.39 is 5.97 Å². The zero-order valence-electron chi connectivity index (χ0n) is 10.3. The number of carbonyl (C=O) groups excluding carboxylic acids is 1. The summed E-state index contributed by atoms with van der Waals surface area (Å²) in [6, 6.07) is 2.94. The predicted molar refractivity (Wildman–Crippen MR) is 66.5 cm³/mol. The molecule has 0 fully saturated rings. The van der Waals surface area contributed by atoms with Gasteiger partial charge in [-0.1, -0.05) is 0 Å². The lowest BCUT2D eigenvalue weighted by Crippen LogP contribution is -2.21. The number of methoxy groups -OCH3 is 1. The van der Waals surface area contributed by atoms with Crippen LogP contribution in [0, 0.1) is 0 Å². The van der Waals surface area contributed by atoms with Gasteiger partial charge in [0.1, 0.15) is 6.33 Å². The number of carbonyl (C=O) groups is 1. The molecule has 8 nitrogen and oxygen atoms in total. The van der Waals surface area contributed by atoms with Gasteiger partial charge in [-0.15, -0.1) is 5.10 Å². The molecule has 19 heavy (non-hydrogen) atoms. The van der Waals surface area contributed by atoms with Crippen molar-refractivity contribution in [1.82, 2.24) is 19.3 Å². The van der Waals surface area contributed by atoms with Crippen molar-refractivity contribution in [1.29, 1.82) is 0 Å². The second kappa shape index (κ2) is 5.34. The Morgan fingerprint density at radius 3 is 2.95 bits per heavy atom. The molecule has 0 aromatic carbocycles. The number of nitrogens with two attached hydrogens (primary N) is 1. The standard InChI is InChI=1S/C11H13N5O3/c1-19-11(18)10-13-7-16(14-10)5-4-15-6-8(12)2-3-9(15)17/h2-3,6-7H,4-5,12H2,1H3. The van der Waals surface area contributed by atoms with Crippen molar-refractivity contribution in [2.75, 3.05) is 12.8 Å². The number of hydrogen-bond acceptors (Lipinski definition) is 6. The monoisotopic (exact) mass is 263 g/mol. The van der Waals surface area contributed by atoms with Crippen molar-refractivity contribution in [2.24, 2.45) is 0 Å². The van der Waals surface area contributed by atoms with E-state index in [4.69, 9.17) is 5.73 Å². The number of pyridine rings is 1. The topological polar surface area (TPSA) is 105 Å². The second-order valence-corrected chi connectivity index (χ2v) is 3.82. The normalized spacial score (nSPS) is 10.4. The van der Waals surface area contributed by atoms with E-state index in [1.165, 1.54) is 28.8 Å². The Morgan fingerprint density at radius 1 is 1.42 bits per heavy atom. The fourth-order valence-electron chi connectivity index (χ4n) is 1.52. The van der Waals surface area contributed by atoms with Gasteiger partial charge in [0.2, 0.25) is 0 Å². The van der Waals surface area contributed by atoms with E-state index in [1.54, 1.807) is 12.3 Å². The summed E-state index contributed by atoms with van der Waals surface area (Å²) < 4.78 is 7.43. The molecule has 2 aromatic rings. The molecule has 0 aliphatic rings. The van der Waals surface area contributed by atoms with Crippen molar-refractivity contribution in [3.05, 3.63) is 40.8 Å². The van der Waals surface area contributed by atoms with Gasteiger partial charge in [0, 0.05) is 24.5 Å². The molecule has 100 valence electrons. The summed E-state index contributed by atoms with van der Waals surface area (Å²) in [6.45, 7) is 0.779. The highest BCUT2D eigenvalue weighted by Gasteiger charge is 2.10. The number of nitrogens with zero attached hydrogens (tertiary/aromatic N) is 4. The zero-order valence-corrected chi connectivity index (χ0v) is 10.3. The molecule has 2 rings (SSSR count). The number of aryl methyl sites for hydroxylation is 2. The molecule has 0 radical (unpaired) electrons. The molecule has 0 amide bonds. The quantitative estimate of drug-likeness (QED) is 0.746. The minimum atomic E-state index is -0.597. The SMILES string of the molecule is COC(=O)c1ncn(CCn2cc(N)ccc2=O)n1. The molecule has 0 atom stereocenters. The second-order valence-electron chi connectivity index (χ2n) is 3.82. The Bertz CT molecular complexity index is 646. The first-order valence-electron chi connectivity index (χ1n) is 5.54. The van der Waals surface area contributed by atoms with Crippen LogP contribution in [-0.2, 0) is 17.8 Å². The lowest BCUT2D eigenvalue weighted by molar-refractivity contribution is 0.0586. The maximum atomic E-state index is 11.5. The fraction of sp³-hybridized carbons (Fsp3) is 0.273. The smallest absolute Gasteiger partial charge is 0.377 e. The van der Waals surface area contributed by atoms with Gasteiger partial charge in [-0.05, 0) is 6.07 Å². The summed E-state index contributed by atoms with van der Waals surface area (Å²) in [7, 11) is 1.26. The van der Waals surface area contributed by atoms with Gasteiger partial charge in [-0.2, -0.15) is 0 Å². The van der Waals surface area contributed by atoms with Crippen molar-refractivity contribution in [2.45, 2.75) is 13.1 Å². The van der Waals surface area contributed by atoms with Gasteiger partial charge in [0.05, 0.1) is 13.7 Å². The largest absolute Gasteiger partial charge is 0.463 e. The van der Waals surface area contributed by atoms with Crippen LogP contribution >= 0.6 is 0 Å². The van der Waals surface area contributed by atoms with Crippen molar-refractivity contribution >= 4 is 11.7 Å². The highest BCUT2D eigenvalue weighted by molar-refractivity contribution is 5.84. The van der Waals surface area contributed by atoms with E-state index in [9.17, 15) is 9.59 Å². The van der Waals surface area contributed by atoms with Gasteiger partial charge in [-0.3, -0.25) is 9.48 Å². The van der Waals surface area contributed by atoms with E-state index in [2.05, 4.69) is 14.8 Å². The number of nitrogen functional groups attached to an aromatic ring is 1. The molecule has 2 heterocycles. The van der Waals surface area contributed by atoms with Crippen LogP contribution < -0.4 is 11.3 Å². The highest BCUT2D eigenvalue weighted by Crippen LogP contribution is 1.97. The molecular formula is C11H13N5O3. The summed E-state index contributed by atoms with van der Waals surface area (Å²) in [6.07, 6.45) is 2.96. The fourth-order valence-corrected chi connectivity index (χ4v) is 1.52. The van der Waals surface area contributed by atoms with Crippen LogP contribution in [-0.4, -0.2) is 32.4 Å². The molecular weight excluding hydrogens is 250 g/mol.